The molecule has 1 atom stereocenters. The number of aliphatic hydroxyl groups excluding tert-OH is 1. The van der Waals surface area contributed by atoms with Crippen LogP contribution in [0.4, 0.5) is 0 Å². The van der Waals surface area contributed by atoms with Crippen molar-refractivity contribution in [1.29, 1.82) is 0 Å². The Morgan fingerprint density at radius 1 is 1.57 bits per heavy atom. The highest BCUT2D eigenvalue weighted by Gasteiger charge is 2.26. The van der Waals surface area contributed by atoms with Gasteiger partial charge in [0.15, 0.2) is 0 Å². The highest BCUT2D eigenvalue weighted by Crippen LogP contribution is 2.21. The lowest BCUT2D eigenvalue weighted by Gasteiger charge is -2.18. The highest BCUT2D eigenvalue weighted by molar-refractivity contribution is 5.23. The normalized spacial score (nSPS) is 14.9. The van der Waals surface area contributed by atoms with E-state index in [2.05, 4.69) is 0 Å². The Morgan fingerprint density at radius 3 is 2.71 bits per heavy atom. The van der Waals surface area contributed by atoms with Crippen LogP contribution in [0.15, 0.2) is 21.3 Å². The molecule has 0 saturated heterocycles. The summed E-state index contributed by atoms with van der Waals surface area (Å²) in [6, 6.07) is 2.51. The second kappa shape index (κ2) is 3.81. The minimum atomic E-state index is -1.58. The predicted molar refractivity (Wildman–Crippen MR) is 48.2 cm³/mol. The first-order valence-corrected chi connectivity index (χ1v) is 4.02. The minimum absolute atomic E-state index is 0.0237. The van der Waals surface area contributed by atoms with E-state index in [-0.39, 0.29) is 11.5 Å². The number of aliphatic hydroxyl groups is 2. The summed E-state index contributed by atoms with van der Waals surface area (Å²) in [5.41, 5.74) is -2.21. The van der Waals surface area contributed by atoms with Gasteiger partial charge in [-0.2, -0.15) is 0 Å². The van der Waals surface area contributed by atoms with Crippen molar-refractivity contribution in [3.05, 3.63) is 28.3 Å². The fraction of sp³-hybridized carbons (Fsp3) is 0.444. The zero-order valence-electron chi connectivity index (χ0n) is 7.98. The van der Waals surface area contributed by atoms with Gasteiger partial charge >= 0.3 is 5.63 Å². The molecule has 1 rings (SSSR count). The predicted octanol–water partition coefficient (Wildman–Crippen LogP) is -0.152. The van der Waals surface area contributed by atoms with Gasteiger partial charge in [0.05, 0.1) is 19.8 Å². The lowest BCUT2D eigenvalue weighted by atomic mass is 10.0. The smallest absolute Gasteiger partial charge is 0.339 e. The topological polar surface area (TPSA) is 79.9 Å². The zero-order chi connectivity index (χ0) is 10.8. The summed E-state index contributed by atoms with van der Waals surface area (Å²) in [5, 5.41) is 18.4. The van der Waals surface area contributed by atoms with Crippen molar-refractivity contribution in [3.63, 3.8) is 0 Å². The first-order chi connectivity index (χ1) is 6.49. The second-order valence-electron chi connectivity index (χ2n) is 3.11. The molecule has 0 bridgehead atoms. The van der Waals surface area contributed by atoms with Crippen LogP contribution in [0.3, 0.4) is 0 Å². The third-order valence-corrected chi connectivity index (χ3v) is 1.82. The molecule has 0 spiro atoms. The molecule has 0 radical (unpaired) electrons. The molecular formula is C9H12O5. The second-order valence-corrected chi connectivity index (χ2v) is 3.11. The van der Waals surface area contributed by atoms with E-state index in [0.29, 0.717) is 0 Å². The summed E-state index contributed by atoms with van der Waals surface area (Å²) < 4.78 is 9.55. The summed E-state index contributed by atoms with van der Waals surface area (Å²) >= 11 is 0. The fourth-order valence-electron chi connectivity index (χ4n) is 0.916. The zero-order valence-corrected chi connectivity index (χ0v) is 7.98. The Balaban J connectivity index is 3.22. The molecule has 78 valence electrons. The molecule has 0 aliphatic rings. The fourth-order valence-corrected chi connectivity index (χ4v) is 0.916. The van der Waals surface area contributed by atoms with Gasteiger partial charge in [0.1, 0.15) is 17.1 Å². The Labute approximate surface area is 80.6 Å². The molecule has 1 aromatic rings. The number of hydrogen-bond acceptors (Lipinski definition) is 5. The maximum absolute atomic E-state index is 11.0. The van der Waals surface area contributed by atoms with Crippen molar-refractivity contribution in [2.75, 3.05) is 13.7 Å². The van der Waals surface area contributed by atoms with Crippen LogP contribution in [0, 0.1) is 0 Å². The molecule has 1 aromatic heterocycles. The number of hydrogen-bond donors (Lipinski definition) is 2. The van der Waals surface area contributed by atoms with Crippen LogP contribution >= 0.6 is 0 Å². The monoisotopic (exact) mass is 200 g/mol. The standard InChI is InChI=1S/C9H12O5/c1-9(12,5-10)7-3-6(13-2)4-8(11)14-7/h3-4,10,12H,5H2,1-2H3/t9-/m0/s1. The van der Waals surface area contributed by atoms with Gasteiger partial charge < -0.3 is 19.4 Å². The van der Waals surface area contributed by atoms with Gasteiger partial charge in [-0.1, -0.05) is 0 Å². The van der Waals surface area contributed by atoms with E-state index < -0.39 is 17.8 Å². The van der Waals surface area contributed by atoms with Gasteiger partial charge in [-0.3, -0.25) is 0 Å². The van der Waals surface area contributed by atoms with Gasteiger partial charge in [-0.15, -0.1) is 0 Å². The van der Waals surface area contributed by atoms with E-state index in [0.717, 1.165) is 6.07 Å². The molecule has 0 aliphatic heterocycles. The van der Waals surface area contributed by atoms with Crippen molar-refractivity contribution in [1.82, 2.24) is 0 Å². The van der Waals surface area contributed by atoms with E-state index in [1.165, 1.54) is 20.1 Å². The van der Waals surface area contributed by atoms with E-state index in [9.17, 15) is 9.90 Å². The average Bonchev–Trinajstić information content (AvgIpc) is 2.16. The van der Waals surface area contributed by atoms with Crippen molar-refractivity contribution in [2.24, 2.45) is 0 Å². The molecule has 5 heteroatoms. The Kier molecular flexibility index (Phi) is 2.93. The summed E-state index contributed by atoms with van der Waals surface area (Å²) in [7, 11) is 1.40. The van der Waals surface area contributed by atoms with E-state index >= 15 is 0 Å². The minimum Gasteiger partial charge on any atom is -0.496 e. The summed E-state index contributed by atoms with van der Waals surface area (Å²) in [6.45, 7) is 0.799. The quantitative estimate of drug-likeness (QED) is 0.709. The lowest BCUT2D eigenvalue weighted by molar-refractivity contribution is -0.0220. The summed E-state index contributed by atoms with van der Waals surface area (Å²) in [6.07, 6.45) is 0. The first kappa shape index (κ1) is 10.7. The molecule has 0 unspecified atom stereocenters. The van der Waals surface area contributed by atoms with Crippen LogP contribution < -0.4 is 10.4 Å². The molecule has 0 aromatic carbocycles. The molecule has 0 amide bonds. The summed E-state index contributed by atoms with van der Waals surface area (Å²) in [4.78, 5) is 11.0. The molecule has 0 aliphatic carbocycles. The van der Waals surface area contributed by atoms with Crippen molar-refractivity contribution >= 4 is 0 Å². The Hall–Kier alpha value is -1.33. The van der Waals surface area contributed by atoms with Crippen molar-refractivity contribution in [2.45, 2.75) is 12.5 Å². The molecule has 0 fully saturated rings. The van der Waals surface area contributed by atoms with Crippen LogP contribution in [0.5, 0.6) is 5.75 Å². The molecule has 14 heavy (non-hydrogen) atoms. The van der Waals surface area contributed by atoms with Crippen LogP contribution in [0.2, 0.25) is 0 Å². The average molecular weight is 200 g/mol. The van der Waals surface area contributed by atoms with Gasteiger partial charge in [0, 0.05) is 6.07 Å². The molecule has 2 N–H and O–H groups in total. The molecular weight excluding hydrogens is 188 g/mol. The summed E-state index contributed by atoms with van der Waals surface area (Å²) in [5.74, 6) is 0.259. The van der Waals surface area contributed by atoms with Crippen LogP contribution in [0.1, 0.15) is 12.7 Å². The first-order valence-electron chi connectivity index (χ1n) is 4.02. The molecule has 1 heterocycles. The maximum atomic E-state index is 11.0. The van der Waals surface area contributed by atoms with Crippen molar-refractivity contribution < 1.29 is 19.4 Å². The van der Waals surface area contributed by atoms with E-state index in [1.807, 2.05) is 0 Å². The third kappa shape index (κ3) is 2.12. The van der Waals surface area contributed by atoms with Crippen LogP contribution in [0.25, 0.3) is 0 Å². The largest absolute Gasteiger partial charge is 0.496 e. The van der Waals surface area contributed by atoms with E-state index in [1.54, 1.807) is 0 Å². The van der Waals surface area contributed by atoms with E-state index in [4.69, 9.17) is 14.3 Å². The van der Waals surface area contributed by atoms with Crippen LogP contribution in [-0.2, 0) is 5.60 Å². The third-order valence-electron chi connectivity index (χ3n) is 1.82. The molecule has 0 saturated carbocycles. The van der Waals surface area contributed by atoms with Gasteiger partial charge in [0.25, 0.3) is 0 Å². The number of methoxy groups -OCH3 is 1. The van der Waals surface area contributed by atoms with Gasteiger partial charge in [-0.25, -0.2) is 4.79 Å². The number of ether oxygens (including phenoxy) is 1. The molecule has 5 nitrogen and oxygen atoms in total. The van der Waals surface area contributed by atoms with Gasteiger partial charge in [0.2, 0.25) is 0 Å². The Morgan fingerprint density at radius 2 is 2.21 bits per heavy atom. The number of rotatable bonds is 3. The van der Waals surface area contributed by atoms with Crippen molar-refractivity contribution in [3.8, 4) is 5.75 Å². The maximum Gasteiger partial charge on any atom is 0.339 e. The Bertz CT molecular complexity index is 366. The van der Waals surface area contributed by atoms with Gasteiger partial charge in [-0.05, 0) is 6.92 Å². The van der Waals surface area contributed by atoms with Crippen LogP contribution in [-0.4, -0.2) is 23.9 Å². The lowest BCUT2D eigenvalue weighted by Crippen LogP contribution is -2.27. The highest BCUT2D eigenvalue weighted by atomic mass is 16.5. The SMILES string of the molecule is COc1cc([C@@](C)(O)CO)oc(=O)c1.